The summed E-state index contributed by atoms with van der Waals surface area (Å²) in [4.78, 5) is 41.8. The second kappa shape index (κ2) is 9.10. The Bertz CT molecular complexity index is 1360. The molecule has 10 heteroatoms. The zero-order valence-electron chi connectivity index (χ0n) is 20.2. The summed E-state index contributed by atoms with van der Waals surface area (Å²) in [7, 11) is 3.16. The number of anilines is 1. The second-order valence-corrected chi connectivity index (χ2v) is 8.97. The van der Waals surface area contributed by atoms with Crippen LogP contribution in [0.15, 0.2) is 42.6 Å². The molecule has 9 nitrogen and oxygen atoms in total. The number of hydrogen-bond acceptors (Lipinski definition) is 5. The van der Waals surface area contributed by atoms with Crippen LogP contribution in [0.3, 0.4) is 0 Å². The number of fused-ring (bicyclic) bond motifs is 2. The Morgan fingerprint density at radius 3 is 2.81 bits per heavy atom. The van der Waals surface area contributed by atoms with Crippen molar-refractivity contribution in [3.8, 4) is 5.75 Å². The molecule has 5 rings (SSSR count). The fourth-order valence-corrected chi connectivity index (χ4v) is 4.71. The Balaban J connectivity index is 1.39. The highest BCUT2D eigenvalue weighted by molar-refractivity contribution is 6.04. The second-order valence-electron chi connectivity index (χ2n) is 8.97. The summed E-state index contributed by atoms with van der Waals surface area (Å²) in [6, 6.07) is 8.90. The Hall–Kier alpha value is -4.21. The highest BCUT2D eigenvalue weighted by Crippen LogP contribution is 2.33. The third kappa shape index (κ3) is 3.98. The van der Waals surface area contributed by atoms with E-state index in [-0.39, 0.29) is 42.4 Å². The quantitative estimate of drug-likeness (QED) is 0.604. The van der Waals surface area contributed by atoms with E-state index >= 15 is 0 Å². The van der Waals surface area contributed by atoms with Crippen molar-refractivity contribution in [3.63, 3.8) is 0 Å². The third-order valence-electron chi connectivity index (χ3n) is 6.80. The van der Waals surface area contributed by atoms with Gasteiger partial charge in [-0.25, -0.2) is 4.39 Å². The van der Waals surface area contributed by atoms with Crippen molar-refractivity contribution < 1.29 is 23.5 Å². The Morgan fingerprint density at radius 1 is 1.25 bits per heavy atom. The summed E-state index contributed by atoms with van der Waals surface area (Å²) < 4.78 is 21.8. The first kappa shape index (κ1) is 23.5. The number of hydrogen-bond donors (Lipinski definition) is 1. The first-order valence-electron chi connectivity index (χ1n) is 11.7. The van der Waals surface area contributed by atoms with E-state index in [0.29, 0.717) is 35.5 Å². The van der Waals surface area contributed by atoms with Crippen molar-refractivity contribution in [3.05, 3.63) is 76.4 Å². The Labute approximate surface area is 207 Å². The lowest BCUT2D eigenvalue weighted by Gasteiger charge is -2.33. The van der Waals surface area contributed by atoms with Gasteiger partial charge in [0.2, 0.25) is 0 Å². The first-order valence-corrected chi connectivity index (χ1v) is 11.7. The summed E-state index contributed by atoms with van der Waals surface area (Å²) in [6.45, 7) is 2.31. The lowest BCUT2D eigenvalue weighted by molar-refractivity contribution is -0.123. The third-order valence-corrected chi connectivity index (χ3v) is 6.80. The van der Waals surface area contributed by atoms with Crippen molar-refractivity contribution >= 4 is 23.4 Å². The van der Waals surface area contributed by atoms with Crippen molar-refractivity contribution in [1.29, 1.82) is 0 Å². The van der Waals surface area contributed by atoms with Crippen molar-refractivity contribution in [2.45, 2.75) is 25.9 Å². The lowest BCUT2D eigenvalue weighted by atomic mass is 10.0. The van der Waals surface area contributed by atoms with E-state index in [1.165, 1.54) is 22.9 Å². The number of aromatic nitrogens is 2. The molecule has 0 saturated carbocycles. The molecule has 2 aliphatic heterocycles. The van der Waals surface area contributed by atoms with E-state index in [1.807, 2.05) is 13.0 Å². The SMILES string of the molecule is CNC(=O)c1ccc2c(c1)OC[C@H](N1CCc3cn(Cc4c(C)cccc4F)nc3C1=O)C(=O)N2C. The molecular formula is C26H26FN5O4. The maximum absolute atomic E-state index is 14.3. The molecule has 2 aromatic carbocycles. The van der Waals surface area contributed by atoms with Crippen molar-refractivity contribution in [2.75, 3.05) is 32.1 Å². The first-order chi connectivity index (χ1) is 17.3. The van der Waals surface area contributed by atoms with Gasteiger partial charge in [0, 0.05) is 43.5 Å². The summed E-state index contributed by atoms with van der Waals surface area (Å²) >= 11 is 0. The van der Waals surface area contributed by atoms with E-state index in [9.17, 15) is 18.8 Å². The molecule has 186 valence electrons. The van der Waals surface area contributed by atoms with Gasteiger partial charge in [-0.2, -0.15) is 5.10 Å². The summed E-state index contributed by atoms with van der Waals surface area (Å²) in [5, 5.41) is 7.02. The monoisotopic (exact) mass is 491 g/mol. The smallest absolute Gasteiger partial charge is 0.275 e. The summed E-state index contributed by atoms with van der Waals surface area (Å²) in [6.07, 6.45) is 2.28. The molecule has 3 heterocycles. The van der Waals surface area contributed by atoms with Gasteiger partial charge in [0.05, 0.1) is 12.2 Å². The van der Waals surface area contributed by atoms with Gasteiger partial charge in [-0.05, 0) is 43.2 Å². The van der Waals surface area contributed by atoms with Crippen LogP contribution in [0.2, 0.25) is 0 Å². The number of carbonyl (C=O) groups is 3. The average Bonchev–Trinajstić information content (AvgIpc) is 3.25. The minimum Gasteiger partial charge on any atom is -0.489 e. The minimum absolute atomic E-state index is 0.0520. The number of carbonyl (C=O) groups excluding carboxylic acids is 3. The number of likely N-dealkylation sites (N-methyl/N-ethyl adjacent to an activating group) is 1. The zero-order chi connectivity index (χ0) is 25.6. The van der Waals surface area contributed by atoms with Gasteiger partial charge in [-0.1, -0.05) is 12.1 Å². The molecule has 1 N–H and O–H groups in total. The highest BCUT2D eigenvalue weighted by atomic mass is 19.1. The van der Waals surface area contributed by atoms with Crippen LogP contribution >= 0.6 is 0 Å². The topological polar surface area (TPSA) is 96.8 Å². The van der Waals surface area contributed by atoms with Crippen LogP contribution in [0.25, 0.3) is 0 Å². The molecule has 1 atom stereocenters. The van der Waals surface area contributed by atoms with Crippen LogP contribution in [-0.4, -0.2) is 65.7 Å². The number of nitrogens with zero attached hydrogens (tertiary/aromatic N) is 4. The summed E-state index contributed by atoms with van der Waals surface area (Å²) in [5.74, 6) is -0.854. The van der Waals surface area contributed by atoms with Crippen molar-refractivity contribution in [1.82, 2.24) is 20.0 Å². The fraction of sp³-hybridized carbons (Fsp3) is 0.308. The number of nitrogens with one attached hydrogen (secondary N) is 1. The summed E-state index contributed by atoms with van der Waals surface area (Å²) in [5.41, 5.74) is 3.27. The Morgan fingerprint density at radius 2 is 2.06 bits per heavy atom. The van der Waals surface area contributed by atoms with E-state index in [2.05, 4.69) is 10.4 Å². The number of benzene rings is 2. The van der Waals surface area contributed by atoms with Crippen LogP contribution in [0.1, 0.15) is 37.5 Å². The van der Waals surface area contributed by atoms with Crippen LogP contribution < -0.4 is 15.0 Å². The van der Waals surface area contributed by atoms with Crippen LogP contribution in [0.5, 0.6) is 5.75 Å². The molecule has 1 aromatic heterocycles. The zero-order valence-corrected chi connectivity index (χ0v) is 20.2. The molecule has 3 aromatic rings. The van der Waals surface area contributed by atoms with Gasteiger partial charge in [0.15, 0.2) is 5.69 Å². The lowest BCUT2D eigenvalue weighted by Crippen LogP contribution is -2.54. The standard InChI is InChI=1S/C26H26FN5O4/c1-15-5-4-6-19(27)18(15)13-31-12-17-9-10-32(26(35)23(17)29-31)21-14-36-22-11-16(24(33)28-2)7-8-20(22)30(3)25(21)34/h4-8,11-12,21H,9-10,13-14H2,1-3H3,(H,28,33)/t21-/m0/s1. The number of halogens is 1. The Kier molecular flexibility index (Phi) is 5.95. The van der Waals surface area contributed by atoms with Gasteiger partial charge in [0.25, 0.3) is 17.7 Å². The molecule has 0 unspecified atom stereocenters. The average molecular weight is 492 g/mol. The highest BCUT2D eigenvalue weighted by Gasteiger charge is 2.40. The minimum atomic E-state index is -0.856. The van der Waals surface area contributed by atoms with Crippen LogP contribution in [0, 0.1) is 12.7 Å². The largest absolute Gasteiger partial charge is 0.489 e. The number of rotatable bonds is 4. The molecule has 0 aliphatic carbocycles. The molecule has 2 aliphatic rings. The normalized spacial score (nSPS) is 17.3. The van der Waals surface area contributed by atoms with Gasteiger partial charge < -0.3 is 19.9 Å². The predicted octanol–water partition coefficient (Wildman–Crippen LogP) is 2.16. The fourth-order valence-electron chi connectivity index (χ4n) is 4.71. The van der Waals surface area contributed by atoms with Crippen LogP contribution in [-0.2, 0) is 17.8 Å². The molecule has 0 radical (unpaired) electrons. The van der Waals surface area contributed by atoms with Gasteiger partial charge >= 0.3 is 0 Å². The van der Waals surface area contributed by atoms with E-state index in [4.69, 9.17) is 4.74 Å². The number of amides is 3. The number of ether oxygens (including phenoxy) is 1. The van der Waals surface area contributed by atoms with E-state index in [0.717, 1.165) is 11.1 Å². The van der Waals surface area contributed by atoms with E-state index < -0.39 is 6.04 Å². The molecule has 0 fully saturated rings. The molecule has 0 saturated heterocycles. The van der Waals surface area contributed by atoms with Crippen LogP contribution in [0.4, 0.5) is 10.1 Å². The maximum Gasteiger partial charge on any atom is 0.275 e. The van der Waals surface area contributed by atoms with Gasteiger partial charge in [-0.3, -0.25) is 19.1 Å². The molecular weight excluding hydrogens is 465 g/mol. The maximum atomic E-state index is 14.3. The molecule has 0 bridgehead atoms. The van der Waals surface area contributed by atoms with Gasteiger partial charge in [0.1, 0.15) is 24.2 Å². The number of aryl methyl sites for hydroxylation is 1. The van der Waals surface area contributed by atoms with E-state index in [1.54, 1.807) is 42.2 Å². The van der Waals surface area contributed by atoms with Crippen molar-refractivity contribution in [2.24, 2.45) is 0 Å². The predicted molar refractivity (Wildman–Crippen MR) is 130 cm³/mol. The molecule has 36 heavy (non-hydrogen) atoms. The molecule has 3 amide bonds. The van der Waals surface area contributed by atoms with Gasteiger partial charge in [-0.15, -0.1) is 0 Å². The molecule has 0 spiro atoms.